The quantitative estimate of drug-likeness (QED) is 0.653. The first-order valence-electron chi connectivity index (χ1n) is 9.88. The Morgan fingerprint density at radius 1 is 1.21 bits per heavy atom. The maximum absolute atomic E-state index is 13.0. The summed E-state index contributed by atoms with van der Waals surface area (Å²) in [5.41, 5.74) is 3.15. The Morgan fingerprint density at radius 3 is 2.79 bits per heavy atom. The molecule has 0 bridgehead atoms. The molecular formula is C22H24N4O2S. The molecule has 6 nitrogen and oxygen atoms in total. The Bertz CT molecular complexity index is 996. The summed E-state index contributed by atoms with van der Waals surface area (Å²) in [6.07, 6.45) is 4.57. The van der Waals surface area contributed by atoms with Gasteiger partial charge in [-0.25, -0.2) is 4.98 Å². The number of carbonyl (C=O) groups is 2. The van der Waals surface area contributed by atoms with Crippen LogP contribution in [-0.2, 0) is 19.5 Å². The Hall–Kier alpha value is -2.93. The molecule has 1 aromatic carbocycles. The van der Waals surface area contributed by atoms with Crippen LogP contribution < -0.4 is 10.6 Å². The zero-order chi connectivity index (χ0) is 20.2. The second-order valence-corrected chi connectivity index (χ2v) is 8.19. The van der Waals surface area contributed by atoms with Gasteiger partial charge in [0.25, 0.3) is 11.8 Å². The van der Waals surface area contributed by atoms with Crippen molar-refractivity contribution in [2.75, 3.05) is 0 Å². The first kappa shape index (κ1) is 19.4. The van der Waals surface area contributed by atoms with Crippen LogP contribution in [0.4, 0.5) is 0 Å². The molecule has 0 spiro atoms. The van der Waals surface area contributed by atoms with Crippen molar-refractivity contribution in [3.8, 4) is 0 Å². The van der Waals surface area contributed by atoms with Gasteiger partial charge in [-0.2, -0.15) is 0 Å². The van der Waals surface area contributed by atoms with E-state index in [4.69, 9.17) is 0 Å². The third-order valence-electron chi connectivity index (χ3n) is 5.26. The summed E-state index contributed by atoms with van der Waals surface area (Å²) in [5, 5.41) is 8.75. The van der Waals surface area contributed by atoms with Crippen molar-refractivity contribution < 1.29 is 9.59 Å². The largest absolute Gasteiger partial charge is 0.345 e. The smallest absolute Gasteiger partial charge is 0.268 e. The van der Waals surface area contributed by atoms with Gasteiger partial charge in [-0.3, -0.25) is 9.59 Å². The maximum atomic E-state index is 13.0. The number of aromatic nitrogens is 2. The topological polar surface area (TPSA) is 76.0 Å². The molecule has 0 saturated heterocycles. The second-order valence-electron chi connectivity index (χ2n) is 7.21. The van der Waals surface area contributed by atoms with Gasteiger partial charge in [-0.15, -0.1) is 11.3 Å². The highest BCUT2D eigenvalue weighted by molar-refractivity contribution is 7.09. The number of fused-ring (bicyclic) bond motifs is 1. The zero-order valence-electron chi connectivity index (χ0n) is 16.4. The summed E-state index contributed by atoms with van der Waals surface area (Å²) < 4.78 is 2.01. The van der Waals surface area contributed by atoms with Crippen molar-refractivity contribution in [2.45, 2.75) is 45.3 Å². The van der Waals surface area contributed by atoms with Crippen molar-refractivity contribution in [1.82, 2.24) is 20.2 Å². The van der Waals surface area contributed by atoms with Crippen LogP contribution in [-0.4, -0.2) is 21.4 Å². The predicted molar refractivity (Wildman–Crippen MR) is 113 cm³/mol. The van der Waals surface area contributed by atoms with Gasteiger partial charge in [-0.1, -0.05) is 30.3 Å². The maximum Gasteiger partial charge on any atom is 0.268 e. The molecule has 4 rings (SSSR count). The lowest BCUT2D eigenvalue weighted by Crippen LogP contribution is -2.29. The van der Waals surface area contributed by atoms with E-state index < -0.39 is 0 Å². The summed E-state index contributed by atoms with van der Waals surface area (Å²) in [6, 6.07) is 11.5. The average molecular weight is 409 g/mol. The molecule has 3 aromatic rings. The molecule has 0 radical (unpaired) electrons. The number of rotatable bonds is 6. The molecule has 0 fully saturated rings. The van der Waals surface area contributed by atoms with Gasteiger partial charge in [0, 0.05) is 23.8 Å². The first-order valence-corrected chi connectivity index (χ1v) is 10.8. The zero-order valence-corrected chi connectivity index (χ0v) is 17.2. The van der Waals surface area contributed by atoms with Crippen LogP contribution in [0.5, 0.6) is 0 Å². The fourth-order valence-corrected chi connectivity index (χ4v) is 4.30. The minimum Gasteiger partial charge on any atom is -0.345 e. The van der Waals surface area contributed by atoms with Gasteiger partial charge in [0.1, 0.15) is 10.7 Å². The molecule has 2 N–H and O–H groups in total. The van der Waals surface area contributed by atoms with E-state index in [0.29, 0.717) is 17.8 Å². The molecule has 1 aliphatic heterocycles. The fraction of sp³-hybridized carbons (Fsp3) is 0.318. The highest BCUT2D eigenvalue weighted by Crippen LogP contribution is 2.25. The van der Waals surface area contributed by atoms with Crippen molar-refractivity contribution in [3.05, 3.63) is 75.5 Å². The van der Waals surface area contributed by atoms with Crippen LogP contribution in [0, 0.1) is 0 Å². The molecule has 1 atom stereocenters. The van der Waals surface area contributed by atoms with E-state index in [1.54, 1.807) is 12.3 Å². The Balaban J connectivity index is 1.54. The van der Waals surface area contributed by atoms with Gasteiger partial charge < -0.3 is 15.2 Å². The minimum atomic E-state index is -0.152. The number of hydrogen-bond donors (Lipinski definition) is 2. The van der Waals surface area contributed by atoms with Crippen LogP contribution in [0.2, 0.25) is 0 Å². The molecular weight excluding hydrogens is 384 g/mol. The lowest BCUT2D eigenvalue weighted by molar-refractivity contribution is 0.0927. The molecule has 150 valence electrons. The number of benzene rings is 1. The summed E-state index contributed by atoms with van der Waals surface area (Å²) in [5.74, 6) is -0.301. The molecule has 3 heterocycles. The highest BCUT2D eigenvalue weighted by atomic mass is 32.1. The molecule has 0 unspecified atom stereocenters. The first-order chi connectivity index (χ1) is 14.1. The van der Waals surface area contributed by atoms with Crippen LogP contribution in [0.3, 0.4) is 0 Å². The molecule has 0 aliphatic carbocycles. The minimum absolute atomic E-state index is 0.111. The third kappa shape index (κ3) is 4.24. The Labute approximate surface area is 174 Å². The van der Waals surface area contributed by atoms with E-state index in [0.717, 1.165) is 42.1 Å². The van der Waals surface area contributed by atoms with E-state index >= 15 is 0 Å². The van der Waals surface area contributed by atoms with E-state index in [2.05, 4.69) is 15.6 Å². The van der Waals surface area contributed by atoms with Crippen molar-refractivity contribution in [3.63, 3.8) is 0 Å². The van der Waals surface area contributed by atoms with E-state index in [1.165, 1.54) is 11.3 Å². The highest BCUT2D eigenvalue weighted by Gasteiger charge is 2.26. The van der Waals surface area contributed by atoms with Crippen molar-refractivity contribution >= 4 is 23.2 Å². The Morgan fingerprint density at radius 2 is 2.03 bits per heavy atom. The van der Waals surface area contributed by atoms with Gasteiger partial charge in [-0.05, 0) is 37.8 Å². The predicted octanol–water partition coefficient (Wildman–Crippen LogP) is 3.70. The summed E-state index contributed by atoms with van der Waals surface area (Å²) in [6.45, 7) is 3.13. The van der Waals surface area contributed by atoms with Crippen LogP contribution in [0.1, 0.15) is 62.9 Å². The van der Waals surface area contributed by atoms with E-state index in [-0.39, 0.29) is 17.9 Å². The monoisotopic (exact) mass is 408 g/mol. The van der Waals surface area contributed by atoms with Gasteiger partial charge >= 0.3 is 0 Å². The number of nitrogens with one attached hydrogen (secondary N) is 2. The van der Waals surface area contributed by atoms with E-state index in [1.807, 2.05) is 47.2 Å². The Kier molecular flexibility index (Phi) is 5.76. The molecule has 2 amide bonds. The van der Waals surface area contributed by atoms with Crippen molar-refractivity contribution in [2.24, 2.45) is 0 Å². The van der Waals surface area contributed by atoms with Gasteiger partial charge in [0.05, 0.1) is 18.2 Å². The number of thiazole rings is 1. The van der Waals surface area contributed by atoms with Crippen LogP contribution in [0.15, 0.2) is 48.0 Å². The number of amides is 2. The van der Waals surface area contributed by atoms with Crippen LogP contribution >= 0.6 is 11.3 Å². The summed E-state index contributed by atoms with van der Waals surface area (Å²) in [4.78, 5) is 30.0. The summed E-state index contributed by atoms with van der Waals surface area (Å²) in [7, 11) is 0. The molecule has 7 heteroatoms. The molecule has 1 aliphatic rings. The molecule has 2 aromatic heterocycles. The molecule has 29 heavy (non-hydrogen) atoms. The lowest BCUT2D eigenvalue weighted by Gasteiger charge is -2.20. The summed E-state index contributed by atoms with van der Waals surface area (Å²) >= 11 is 1.51. The van der Waals surface area contributed by atoms with E-state index in [9.17, 15) is 9.59 Å². The standard InChI is InChI=1S/C22H24N4O2S/c1-15(16-7-3-2-4-8-16)25-22(28)19-13-17(18-9-5-6-11-26(18)19)21(27)24-14-20-23-10-12-29-20/h2-4,7-8,10,12-13,15H,5-6,9,11,14H2,1H3,(H,24,27)(H,25,28)/t15-/m1/s1. The van der Waals surface area contributed by atoms with Gasteiger partial charge in [0.2, 0.25) is 0 Å². The second kappa shape index (κ2) is 8.61. The number of carbonyl (C=O) groups excluding carboxylic acids is 2. The van der Waals surface area contributed by atoms with Gasteiger partial charge in [0.15, 0.2) is 0 Å². The third-order valence-corrected chi connectivity index (χ3v) is 6.04. The normalized spacial score (nSPS) is 14.1. The average Bonchev–Trinajstić information content (AvgIpc) is 3.40. The molecule has 0 saturated carbocycles. The number of hydrogen-bond acceptors (Lipinski definition) is 4. The SMILES string of the molecule is C[C@@H](NC(=O)c1cc(C(=O)NCc2nccs2)c2n1CCCC2)c1ccccc1. The lowest BCUT2D eigenvalue weighted by atomic mass is 10.1. The number of nitrogens with zero attached hydrogens (tertiary/aromatic N) is 2. The van der Waals surface area contributed by atoms with Crippen molar-refractivity contribution in [1.29, 1.82) is 0 Å². The van der Waals surface area contributed by atoms with Crippen LogP contribution in [0.25, 0.3) is 0 Å². The fourth-order valence-electron chi connectivity index (χ4n) is 3.75.